The molecule has 1 aliphatic carbocycles. The van der Waals surface area contributed by atoms with Gasteiger partial charge in [-0.2, -0.15) is 11.8 Å². The van der Waals surface area contributed by atoms with Gasteiger partial charge in [0.25, 0.3) is 5.91 Å². The monoisotopic (exact) mass is 355 g/mol. The summed E-state index contributed by atoms with van der Waals surface area (Å²) in [4.78, 5) is 12.3. The molecule has 1 saturated carbocycles. The maximum absolute atomic E-state index is 12.3. The van der Waals surface area contributed by atoms with Crippen molar-refractivity contribution in [2.45, 2.75) is 56.8 Å². The highest BCUT2D eigenvalue weighted by Crippen LogP contribution is 2.27. The second-order valence-electron chi connectivity index (χ2n) is 6.45. The molecule has 0 aliphatic heterocycles. The van der Waals surface area contributed by atoms with Gasteiger partial charge in [-0.05, 0) is 51.0 Å². The SMILES string of the molecule is CC(C)(Oc1ccc(Cl)cc1)C(=O)NCCSC1CCCCC1. The second kappa shape index (κ2) is 8.84. The summed E-state index contributed by atoms with van der Waals surface area (Å²) in [7, 11) is 0. The van der Waals surface area contributed by atoms with E-state index in [0.717, 1.165) is 11.0 Å². The fourth-order valence-electron chi connectivity index (χ4n) is 2.68. The molecule has 1 aliphatic rings. The largest absolute Gasteiger partial charge is 0.478 e. The molecule has 0 atom stereocenters. The molecule has 23 heavy (non-hydrogen) atoms. The van der Waals surface area contributed by atoms with Gasteiger partial charge in [-0.3, -0.25) is 4.79 Å². The van der Waals surface area contributed by atoms with Crippen molar-refractivity contribution in [2.24, 2.45) is 0 Å². The molecule has 0 spiro atoms. The number of amides is 1. The zero-order valence-corrected chi connectivity index (χ0v) is 15.5. The van der Waals surface area contributed by atoms with Crippen LogP contribution in [0, 0.1) is 0 Å². The zero-order chi connectivity index (χ0) is 16.7. The highest BCUT2D eigenvalue weighted by atomic mass is 35.5. The van der Waals surface area contributed by atoms with E-state index in [1.807, 2.05) is 11.8 Å². The van der Waals surface area contributed by atoms with Crippen molar-refractivity contribution >= 4 is 29.3 Å². The van der Waals surface area contributed by atoms with Gasteiger partial charge in [-0.1, -0.05) is 30.9 Å². The Kier molecular flexibility index (Phi) is 7.09. The van der Waals surface area contributed by atoms with E-state index < -0.39 is 5.60 Å². The van der Waals surface area contributed by atoms with Crippen molar-refractivity contribution in [1.82, 2.24) is 5.32 Å². The molecule has 1 N–H and O–H groups in total. The highest BCUT2D eigenvalue weighted by Gasteiger charge is 2.29. The van der Waals surface area contributed by atoms with Crippen LogP contribution < -0.4 is 10.1 Å². The number of nitrogens with one attached hydrogen (secondary N) is 1. The van der Waals surface area contributed by atoms with Crippen molar-refractivity contribution in [3.8, 4) is 5.75 Å². The third-order valence-corrected chi connectivity index (χ3v) is 5.66. The second-order valence-corrected chi connectivity index (χ2v) is 8.30. The highest BCUT2D eigenvalue weighted by molar-refractivity contribution is 7.99. The molecular weight excluding hydrogens is 330 g/mol. The summed E-state index contributed by atoms with van der Waals surface area (Å²) in [6.07, 6.45) is 6.73. The molecule has 1 fully saturated rings. The van der Waals surface area contributed by atoms with Crippen LogP contribution in [0.4, 0.5) is 0 Å². The summed E-state index contributed by atoms with van der Waals surface area (Å²) in [6, 6.07) is 7.06. The predicted molar refractivity (Wildman–Crippen MR) is 98.5 cm³/mol. The Morgan fingerprint density at radius 1 is 1.26 bits per heavy atom. The number of halogens is 1. The molecule has 0 aromatic heterocycles. The molecule has 0 bridgehead atoms. The van der Waals surface area contributed by atoms with Crippen molar-refractivity contribution in [2.75, 3.05) is 12.3 Å². The molecule has 2 rings (SSSR count). The summed E-state index contributed by atoms with van der Waals surface area (Å²) in [5.41, 5.74) is -0.899. The van der Waals surface area contributed by atoms with Crippen molar-refractivity contribution in [3.63, 3.8) is 0 Å². The standard InChI is InChI=1S/C18H26ClNO2S/c1-18(2,22-15-10-8-14(19)9-11-15)17(21)20-12-13-23-16-6-4-3-5-7-16/h8-11,16H,3-7,12-13H2,1-2H3,(H,20,21). The molecule has 5 heteroatoms. The van der Waals surface area contributed by atoms with Gasteiger partial charge in [-0.15, -0.1) is 0 Å². The van der Waals surface area contributed by atoms with E-state index >= 15 is 0 Å². The van der Waals surface area contributed by atoms with E-state index in [9.17, 15) is 4.79 Å². The number of hydrogen-bond donors (Lipinski definition) is 1. The molecular formula is C18H26ClNO2S. The normalized spacial score (nSPS) is 16.1. The molecule has 0 radical (unpaired) electrons. The van der Waals surface area contributed by atoms with Crippen LogP contribution in [0.1, 0.15) is 46.0 Å². The van der Waals surface area contributed by atoms with Crippen LogP contribution in [0.3, 0.4) is 0 Å². The Labute approximate surface area is 148 Å². The molecule has 1 aromatic carbocycles. The topological polar surface area (TPSA) is 38.3 Å². The number of carbonyl (C=O) groups excluding carboxylic acids is 1. The van der Waals surface area contributed by atoms with Gasteiger partial charge < -0.3 is 10.1 Å². The smallest absolute Gasteiger partial charge is 0.263 e. The molecule has 0 unspecified atom stereocenters. The summed E-state index contributed by atoms with van der Waals surface area (Å²) in [6.45, 7) is 4.25. The fraction of sp³-hybridized carbons (Fsp3) is 0.611. The third-order valence-electron chi connectivity index (χ3n) is 4.03. The average molecular weight is 356 g/mol. The van der Waals surface area contributed by atoms with E-state index in [-0.39, 0.29) is 5.91 Å². The number of carbonyl (C=O) groups is 1. The number of benzene rings is 1. The van der Waals surface area contributed by atoms with Crippen molar-refractivity contribution in [3.05, 3.63) is 29.3 Å². The van der Waals surface area contributed by atoms with Crippen LogP contribution in [-0.2, 0) is 4.79 Å². The quantitative estimate of drug-likeness (QED) is 0.722. The first-order valence-electron chi connectivity index (χ1n) is 8.32. The lowest BCUT2D eigenvalue weighted by Crippen LogP contribution is -2.47. The molecule has 1 amide bonds. The Balaban J connectivity index is 1.71. The number of ether oxygens (including phenoxy) is 1. The average Bonchev–Trinajstić information content (AvgIpc) is 2.54. The first-order chi connectivity index (χ1) is 11.0. The number of thioether (sulfide) groups is 1. The summed E-state index contributed by atoms with van der Waals surface area (Å²) in [5, 5.41) is 4.41. The lowest BCUT2D eigenvalue weighted by Gasteiger charge is -2.26. The van der Waals surface area contributed by atoms with E-state index in [1.54, 1.807) is 38.1 Å². The van der Waals surface area contributed by atoms with Gasteiger partial charge >= 0.3 is 0 Å². The van der Waals surface area contributed by atoms with E-state index in [0.29, 0.717) is 17.3 Å². The van der Waals surface area contributed by atoms with Crippen LogP contribution >= 0.6 is 23.4 Å². The van der Waals surface area contributed by atoms with Gasteiger partial charge in [0.1, 0.15) is 5.75 Å². The van der Waals surface area contributed by atoms with Crippen LogP contribution in [0.15, 0.2) is 24.3 Å². The maximum atomic E-state index is 12.3. The molecule has 128 valence electrons. The minimum absolute atomic E-state index is 0.0864. The fourth-order valence-corrected chi connectivity index (χ4v) is 4.02. The summed E-state index contributed by atoms with van der Waals surface area (Å²) >= 11 is 7.84. The minimum atomic E-state index is -0.899. The van der Waals surface area contributed by atoms with E-state index in [4.69, 9.17) is 16.3 Å². The molecule has 3 nitrogen and oxygen atoms in total. The Morgan fingerprint density at radius 3 is 2.57 bits per heavy atom. The van der Waals surface area contributed by atoms with Gasteiger partial charge in [0.2, 0.25) is 0 Å². The van der Waals surface area contributed by atoms with Gasteiger partial charge in [0.05, 0.1) is 0 Å². The Bertz CT molecular complexity index is 498. The lowest BCUT2D eigenvalue weighted by atomic mass is 10.0. The molecule has 0 saturated heterocycles. The summed E-state index contributed by atoms with van der Waals surface area (Å²) in [5.74, 6) is 1.52. The molecule has 1 aromatic rings. The van der Waals surface area contributed by atoms with Crippen LogP contribution in [-0.4, -0.2) is 29.1 Å². The van der Waals surface area contributed by atoms with Gasteiger partial charge in [0, 0.05) is 22.6 Å². The number of hydrogen-bond acceptors (Lipinski definition) is 3. The predicted octanol–water partition coefficient (Wildman–Crippen LogP) is 4.68. The van der Waals surface area contributed by atoms with Gasteiger partial charge in [-0.25, -0.2) is 0 Å². The van der Waals surface area contributed by atoms with Crippen LogP contribution in [0.5, 0.6) is 5.75 Å². The Morgan fingerprint density at radius 2 is 1.91 bits per heavy atom. The summed E-state index contributed by atoms with van der Waals surface area (Å²) < 4.78 is 5.79. The van der Waals surface area contributed by atoms with Crippen LogP contribution in [0.2, 0.25) is 5.02 Å². The number of rotatable bonds is 7. The molecule has 0 heterocycles. The zero-order valence-electron chi connectivity index (χ0n) is 13.9. The Hall–Kier alpha value is -0.870. The lowest BCUT2D eigenvalue weighted by molar-refractivity contribution is -0.134. The van der Waals surface area contributed by atoms with Gasteiger partial charge in [0.15, 0.2) is 5.60 Å². The van der Waals surface area contributed by atoms with Crippen molar-refractivity contribution in [1.29, 1.82) is 0 Å². The third kappa shape index (κ3) is 6.27. The first kappa shape index (κ1) is 18.5. The van der Waals surface area contributed by atoms with E-state index in [2.05, 4.69) is 5.32 Å². The van der Waals surface area contributed by atoms with Crippen molar-refractivity contribution < 1.29 is 9.53 Å². The first-order valence-corrected chi connectivity index (χ1v) is 9.74. The van der Waals surface area contributed by atoms with Crippen LogP contribution in [0.25, 0.3) is 0 Å². The maximum Gasteiger partial charge on any atom is 0.263 e. The van der Waals surface area contributed by atoms with E-state index in [1.165, 1.54) is 32.1 Å². The minimum Gasteiger partial charge on any atom is -0.478 e.